The molecule has 0 spiro atoms. The Morgan fingerprint density at radius 3 is 2.83 bits per heavy atom. The highest BCUT2D eigenvalue weighted by Crippen LogP contribution is 2.19. The Labute approximate surface area is 141 Å². The van der Waals surface area contributed by atoms with Crippen LogP contribution in [0.15, 0.2) is 18.2 Å². The van der Waals surface area contributed by atoms with Gasteiger partial charge in [-0.3, -0.25) is 4.79 Å². The van der Waals surface area contributed by atoms with Crippen molar-refractivity contribution in [2.75, 3.05) is 26.2 Å². The average Bonchev–Trinajstić information content (AvgIpc) is 2.51. The lowest BCUT2D eigenvalue weighted by Gasteiger charge is -2.31. The topological polar surface area (TPSA) is 52.6 Å². The number of aliphatic hydroxyl groups excluding tert-OH is 1. The van der Waals surface area contributed by atoms with Crippen LogP contribution in [0, 0.1) is 11.7 Å². The lowest BCUT2D eigenvalue weighted by atomic mass is 9.99. The predicted octanol–water partition coefficient (Wildman–Crippen LogP) is 2.23. The molecule has 1 aromatic carbocycles. The first kappa shape index (κ1) is 18.2. The lowest BCUT2D eigenvalue weighted by Crippen LogP contribution is -2.43. The SMILES string of the molecule is CC1CCN(CC(O)CNC(=O)Cc2c(F)cccc2Cl)CC1. The van der Waals surface area contributed by atoms with Crippen molar-refractivity contribution in [3.63, 3.8) is 0 Å². The van der Waals surface area contributed by atoms with E-state index in [-0.39, 0.29) is 29.5 Å². The minimum atomic E-state index is -0.622. The predicted molar refractivity (Wildman–Crippen MR) is 89.0 cm³/mol. The van der Waals surface area contributed by atoms with Gasteiger partial charge in [0.1, 0.15) is 5.82 Å². The monoisotopic (exact) mass is 342 g/mol. The van der Waals surface area contributed by atoms with Crippen molar-refractivity contribution in [2.24, 2.45) is 5.92 Å². The lowest BCUT2D eigenvalue weighted by molar-refractivity contribution is -0.121. The van der Waals surface area contributed by atoms with E-state index in [2.05, 4.69) is 17.1 Å². The van der Waals surface area contributed by atoms with E-state index in [1.165, 1.54) is 12.1 Å². The van der Waals surface area contributed by atoms with Crippen LogP contribution in [0.1, 0.15) is 25.3 Å². The first-order valence-electron chi connectivity index (χ1n) is 8.05. The van der Waals surface area contributed by atoms with Gasteiger partial charge >= 0.3 is 0 Å². The molecule has 2 N–H and O–H groups in total. The molecule has 1 aliphatic heterocycles. The van der Waals surface area contributed by atoms with Crippen LogP contribution in [0.3, 0.4) is 0 Å². The second-order valence-electron chi connectivity index (χ2n) is 6.32. The smallest absolute Gasteiger partial charge is 0.224 e. The van der Waals surface area contributed by atoms with Crippen molar-refractivity contribution >= 4 is 17.5 Å². The van der Waals surface area contributed by atoms with Crippen LogP contribution >= 0.6 is 11.6 Å². The zero-order chi connectivity index (χ0) is 16.8. The molecule has 1 saturated heterocycles. The van der Waals surface area contributed by atoms with E-state index in [0.29, 0.717) is 6.54 Å². The standard InChI is InChI=1S/C17H24ClFN2O2/c1-12-5-7-21(8-6-12)11-13(22)10-20-17(23)9-14-15(18)3-2-4-16(14)19/h2-4,12-13,22H,5-11H2,1H3,(H,20,23). The quantitative estimate of drug-likeness (QED) is 0.833. The highest BCUT2D eigenvalue weighted by Gasteiger charge is 2.19. The first-order chi connectivity index (χ1) is 11.0. The van der Waals surface area contributed by atoms with Gasteiger partial charge in [-0.05, 0) is 44.0 Å². The van der Waals surface area contributed by atoms with Crippen molar-refractivity contribution < 1.29 is 14.3 Å². The van der Waals surface area contributed by atoms with Crippen LogP contribution in [-0.2, 0) is 11.2 Å². The van der Waals surface area contributed by atoms with Crippen molar-refractivity contribution in [1.29, 1.82) is 0 Å². The van der Waals surface area contributed by atoms with Crippen molar-refractivity contribution in [3.05, 3.63) is 34.6 Å². The van der Waals surface area contributed by atoms with E-state index >= 15 is 0 Å². The number of piperidine rings is 1. The van der Waals surface area contributed by atoms with Gasteiger partial charge in [0.25, 0.3) is 0 Å². The second kappa shape index (κ2) is 8.62. The van der Waals surface area contributed by atoms with Crippen LogP contribution in [-0.4, -0.2) is 48.2 Å². The summed E-state index contributed by atoms with van der Waals surface area (Å²) in [6, 6.07) is 4.34. The summed E-state index contributed by atoms with van der Waals surface area (Å²) in [5.41, 5.74) is 0.186. The number of nitrogens with zero attached hydrogens (tertiary/aromatic N) is 1. The third-order valence-electron chi connectivity index (χ3n) is 4.28. The Morgan fingerprint density at radius 1 is 1.48 bits per heavy atom. The Balaban J connectivity index is 1.73. The number of halogens is 2. The molecule has 128 valence electrons. The molecule has 0 bridgehead atoms. The van der Waals surface area contributed by atoms with E-state index in [0.717, 1.165) is 31.8 Å². The summed E-state index contributed by atoms with van der Waals surface area (Å²) in [4.78, 5) is 14.1. The molecule has 2 rings (SSSR count). The van der Waals surface area contributed by atoms with E-state index in [4.69, 9.17) is 11.6 Å². The summed E-state index contributed by atoms with van der Waals surface area (Å²) in [7, 11) is 0. The fourth-order valence-electron chi connectivity index (χ4n) is 2.76. The number of hydrogen-bond acceptors (Lipinski definition) is 3. The van der Waals surface area contributed by atoms with Gasteiger partial charge in [0.15, 0.2) is 0 Å². The maximum atomic E-state index is 13.6. The highest BCUT2D eigenvalue weighted by molar-refractivity contribution is 6.31. The zero-order valence-corrected chi connectivity index (χ0v) is 14.2. The Kier molecular flexibility index (Phi) is 6.81. The maximum Gasteiger partial charge on any atom is 0.224 e. The molecule has 6 heteroatoms. The summed E-state index contributed by atoms with van der Waals surface area (Å²) >= 11 is 5.90. The minimum absolute atomic E-state index is 0.126. The highest BCUT2D eigenvalue weighted by atomic mass is 35.5. The number of rotatable bonds is 6. The van der Waals surface area contributed by atoms with E-state index < -0.39 is 11.9 Å². The molecule has 0 aromatic heterocycles. The van der Waals surface area contributed by atoms with Crippen LogP contribution in [0.4, 0.5) is 4.39 Å². The molecule has 0 radical (unpaired) electrons. The molecular weight excluding hydrogens is 319 g/mol. The summed E-state index contributed by atoms with van der Waals surface area (Å²) in [5, 5.41) is 12.9. The molecule has 1 atom stereocenters. The molecule has 1 unspecified atom stereocenters. The van der Waals surface area contributed by atoms with Crippen molar-refractivity contribution in [3.8, 4) is 0 Å². The Bertz CT molecular complexity index is 513. The first-order valence-corrected chi connectivity index (χ1v) is 8.43. The third-order valence-corrected chi connectivity index (χ3v) is 4.63. The number of carbonyl (C=O) groups excluding carboxylic acids is 1. The van der Waals surface area contributed by atoms with Gasteiger partial charge in [-0.15, -0.1) is 0 Å². The van der Waals surface area contributed by atoms with Gasteiger partial charge in [0.2, 0.25) is 5.91 Å². The molecule has 0 aliphatic carbocycles. The van der Waals surface area contributed by atoms with Crippen LogP contribution in [0.5, 0.6) is 0 Å². The largest absolute Gasteiger partial charge is 0.390 e. The number of carbonyl (C=O) groups is 1. The summed E-state index contributed by atoms with van der Waals surface area (Å²) in [5.74, 6) is -0.0902. The fourth-order valence-corrected chi connectivity index (χ4v) is 2.99. The van der Waals surface area contributed by atoms with E-state index in [9.17, 15) is 14.3 Å². The summed E-state index contributed by atoms with van der Waals surface area (Å²) < 4.78 is 13.6. The zero-order valence-electron chi connectivity index (χ0n) is 13.4. The van der Waals surface area contributed by atoms with E-state index in [1.807, 2.05) is 0 Å². The van der Waals surface area contributed by atoms with Crippen molar-refractivity contribution in [1.82, 2.24) is 10.2 Å². The molecule has 1 amide bonds. The molecule has 1 aromatic rings. The van der Waals surface area contributed by atoms with Crippen LogP contribution in [0.2, 0.25) is 5.02 Å². The number of amides is 1. The maximum absolute atomic E-state index is 13.6. The molecule has 0 saturated carbocycles. The summed E-state index contributed by atoms with van der Waals surface area (Å²) in [6.45, 7) is 4.92. The van der Waals surface area contributed by atoms with Crippen molar-refractivity contribution in [2.45, 2.75) is 32.3 Å². The number of hydrogen-bond donors (Lipinski definition) is 2. The number of nitrogens with one attached hydrogen (secondary N) is 1. The molecule has 1 aliphatic rings. The van der Waals surface area contributed by atoms with Gasteiger partial charge in [-0.2, -0.15) is 0 Å². The fraction of sp³-hybridized carbons (Fsp3) is 0.588. The normalized spacial score (nSPS) is 17.9. The number of β-amino-alcohol motifs (C(OH)–C–C–N with tert-alkyl or cyclic N) is 1. The minimum Gasteiger partial charge on any atom is -0.390 e. The van der Waals surface area contributed by atoms with Gasteiger partial charge in [0.05, 0.1) is 12.5 Å². The van der Waals surface area contributed by atoms with Gasteiger partial charge in [0, 0.05) is 23.7 Å². The van der Waals surface area contributed by atoms with Gasteiger partial charge in [-0.1, -0.05) is 24.6 Å². The molecule has 1 fully saturated rings. The van der Waals surface area contributed by atoms with Crippen LogP contribution in [0.25, 0.3) is 0 Å². The number of likely N-dealkylation sites (tertiary alicyclic amines) is 1. The molecular formula is C17H24ClFN2O2. The van der Waals surface area contributed by atoms with Gasteiger partial charge in [-0.25, -0.2) is 4.39 Å². The third kappa shape index (κ3) is 5.75. The molecule has 4 nitrogen and oxygen atoms in total. The van der Waals surface area contributed by atoms with Crippen LogP contribution < -0.4 is 5.32 Å². The summed E-state index contributed by atoms with van der Waals surface area (Å²) in [6.07, 6.45) is 1.54. The van der Waals surface area contributed by atoms with E-state index in [1.54, 1.807) is 6.07 Å². The second-order valence-corrected chi connectivity index (χ2v) is 6.73. The average molecular weight is 343 g/mol. The Morgan fingerprint density at radius 2 is 2.17 bits per heavy atom. The molecule has 1 heterocycles. The number of aliphatic hydroxyl groups is 1. The number of benzene rings is 1. The molecule has 23 heavy (non-hydrogen) atoms. The van der Waals surface area contributed by atoms with Gasteiger partial charge < -0.3 is 15.3 Å². The Hall–Kier alpha value is -1.17.